The second-order valence-corrected chi connectivity index (χ2v) is 11.9. The highest BCUT2D eigenvalue weighted by atomic mass is 16.8. The summed E-state index contributed by atoms with van der Waals surface area (Å²) in [6, 6.07) is 7.50. The van der Waals surface area contributed by atoms with Crippen LogP contribution in [0.5, 0.6) is 0 Å². The number of imidazole rings is 1. The van der Waals surface area contributed by atoms with Crippen LogP contribution in [0.1, 0.15) is 52.8 Å². The normalized spacial score (nSPS) is 23.3. The Labute approximate surface area is 238 Å². The zero-order chi connectivity index (χ0) is 29.4. The first-order chi connectivity index (χ1) is 19.4. The molecule has 1 aromatic carbocycles. The van der Waals surface area contributed by atoms with E-state index in [9.17, 15) is 9.59 Å². The van der Waals surface area contributed by atoms with Gasteiger partial charge in [-0.2, -0.15) is 0 Å². The zero-order valence-corrected chi connectivity index (χ0v) is 24.0. The standard InChI is InChI=1S/C28H38N8O5/c1-27(2,3)17-7-9-18(10-8-17)34-26(38)30-11-6-12-35(16-37)13-19-21-22(41-28(4,5)40-21)25(39-19)36-15-33-20-23(29)31-14-32-24(20)36/h7-10,14-16,19,21-22,25H,6,11-13H2,1-5H3,(H2,29,31,32)(H2,30,34,38)/t19-,21-,22-,25-/m1/s1. The molecule has 13 nitrogen and oxygen atoms in total. The van der Waals surface area contributed by atoms with Gasteiger partial charge in [0, 0.05) is 25.3 Å². The number of nitrogen functional groups attached to an aromatic ring is 1. The molecule has 13 heteroatoms. The number of benzene rings is 1. The smallest absolute Gasteiger partial charge is 0.319 e. The van der Waals surface area contributed by atoms with Gasteiger partial charge in [0.25, 0.3) is 0 Å². The van der Waals surface area contributed by atoms with E-state index in [1.807, 2.05) is 38.1 Å². The van der Waals surface area contributed by atoms with E-state index < -0.39 is 30.3 Å². The van der Waals surface area contributed by atoms with Crippen LogP contribution in [0.3, 0.4) is 0 Å². The van der Waals surface area contributed by atoms with Crippen LogP contribution >= 0.6 is 0 Å². The van der Waals surface area contributed by atoms with Crippen LogP contribution in [0.4, 0.5) is 16.3 Å². The lowest BCUT2D eigenvalue weighted by molar-refractivity contribution is -0.197. The largest absolute Gasteiger partial charge is 0.382 e. The summed E-state index contributed by atoms with van der Waals surface area (Å²) < 4.78 is 20.5. The number of hydrogen-bond acceptors (Lipinski definition) is 9. The van der Waals surface area contributed by atoms with Crippen LogP contribution in [-0.4, -0.2) is 80.6 Å². The first kappa shape index (κ1) is 28.7. The number of amides is 3. The maximum absolute atomic E-state index is 12.4. The number of ether oxygens (including phenoxy) is 3. The number of urea groups is 1. The number of anilines is 2. The van der Waals surface area contributed by atoms with E-state index in [0.29, 0.717) is 36.4 Å². The predicted octanol–water partition coefficient (Wildman–Crippen LogP) is 2.79. The Balaban J connectivity index is 1.15. The number of aromatic nitrogens is 4. The fourth-order valence-electron chi connectivity index (χ4n) is 5.22. The van der Waals surface area contributed by atoms with Crippen molar-refractivity contribution in [2.24, 2.45) is 0 Å². The number of fused-ring (bicyclic) bond motifs is 2. The average molecular weight is 567 g/mol. The van der Waals surface area contributed by atoms with Crippen molar-refractivity contribution in [2.45, 2.75) is 76.8 Å². The number of nitrogens with two attached hydrogens (primary N) is 1. The molecule has 2 aliphatic rings. The van der Waals surface area contributed by atoms with Gasteiger partial charge in [-0.1, -0.05) is 32.9 Å². The highest BCUT2D eigenvalue weighted by Crippen LogP contribution is 2.44. The third-order valence-electron chi connectivity index (χ3n) is 7.27. The molecular weight excluding hydrogens is 528 g/mol. The van der Waals surface area contributed by atoms with Gasteiger partial charge in [0.05, 0.1) is 6.33 Å². The van der Waals surface area contributed by atoms with Gasteiger partial charge in [0.15, 0.2) is 23.5 Å². The Morgan fingerprint density at radius 1 is 1.15 bits per heavy atom. The summed E-state index contributed by atoms with van der Waals surface area (Å²) in [5.74, 6) is -0.548. The van der Waals surface area contributed by atoms with Crippen molar-refractivity contribution >= 4 is 35.1 Å². The van der Waals surface area contributed by atoms with Gasteiger partial charge in [0.1, 0.15) is 30.2 Å². The van der Waals surface area contributed by atoms with E-state index in [-0.39, 0.29) is 23.8 Å². The monoisotopic (exact) mass is 566 g/mol. The van der Waals surface area contributed by atoms with Crippen LogP contribution in [0.2, 0.25) is 0 Å². The Kier molecular flexibility index (Phi) is 7.86. The molecule has 0 bridgehead atoms. The summed E-state index contributed by atoms with van der Waals surface area (Å²) in [4.78, 5) is 38.6. The summed E-state index contributed by atoms with van der Waals surface area (Å²) in [5, 5.41) is 5.68. The Bertz CT molecular complexity index is 1390. The maximum Gasteiger partial charge on any atom is 0.319 e. The summed E-state index contributed by atoms with van der Waals surface area (Å²) >= 11 is 0. The van der Waals surface area contributed by atoms with E-state index in [4.69, 9.17) is 19.9 Å². The minimum Gasteiger partial charge on any atom is -0.382 e. The lowest BCUT2D eigenvalue weighted by atomic mass is 9.87. The van der Waals surface area contributed by atoms with E-state index in [1.54, 1.807) is 15.8 Å². The molecule has 3 aromatic rings. The van der Waals surface area contributed by atoms with Crippen molar-refractivity contribution < 1.29 is 23.8 Å². The Morgan fingerprint density at radius 2 is 1.88 bits per heavy atom. The average Bonchev–Trinajstić information content (AvgIpc) is 3.57. The second-order valence-electron chi connectivity index (χ2n) is 11.9. The fraction of sp³-hybridized carbons (Fsp3) is 0.536. The molecule has 2 saturated heterocycles. The first-order valence-corrected chi connectivity index (χ1v) is 13.7. The minimum absolute atomic E-state index is 0.0427. The van der Waals surface area contributed by atoms with Gasteiger partial charge in [-0.3, -0.25) is 9.36 Å². The van der Waals surface area contributed by atoms with Crippen molar-refractivity contribution in [1.82, 2.24) is 29.7 Å². The third-order valence-corrected chi connectivity index (χ3v) is 7.27. The van der Waals surface area contributed by atoms with Gasteiger partial charge < -0.3 is 35.5 Å². The fourth-order valence-corrected chi connectivity index (χ4v) is 5.22. The van der Waals surface area contributed by atoms with Crippen LogP contribution in [0.25, 0.3) is 11.2 Å². The zero-order valence-electron chi connectivity index (χ0n) is 24.0. The second kappa shape index (κ2) is 11.2. The molecule has 0 saturated carbocycles. The molecule has 4 atom stereocenters. The molecule has 4 heterocycles. The molecule has 5 rings (SSSR count). The number of nitrogens with one attached hydrogen (secondary N) is 2. The summed E-state index contributed by atoms with van der Waals surface area (Å²) in [7, 11) is 0. The molecule has 0 unspecified atom stereocenters. The van der Waals surface area contributed by atoms with Crippen molar-refractivity contribution in [3.8, 4) is 0 Å². The number of hydrogen-bond donors (Lipinski definition) is 3. The van der Waals surface area contributed by atoms with Gasteiger partial charge in [-0.05, 0) is 43.4 Å². The molecule has 41 heavy (non-hydrogen) atoms. The summed E-state index contributed by atoms with van der Waals surface area (Å²) in [6.07, 6.45) is 2.42. The molecule has 0 spiro atoms. The van der Waals surface area contributed by atoms with Crippen LogP contribution in [-0.2, 0) is 24.4 Å². The van der Waals surface area contributed by atoms with E-state index in [2.05, 4.69) is 46.4 Å². The molecular formula is C28H38N8O5. The van der Waals surface area contributed by atoms with Crippen molar-refractivity contribution in [3.63, 3.8) is 0 Å². The number of carbonyl (C=O) groups excluding carboxylic acids is 2. The Hall–Kier alpha value is -3.81. The van der Waals surface area contributed by atoms with Crippen molar-refractivity contribution in [1.29, 1.82) is 0 Å². The number of carbonyl (C=O) groups is 2. The Morgan fingerprint density at radius 3 is 2.59 bits per heavy atom. The van der Waals surface area contributed by atoms with E-state index >= 15 is 0 Å². The third kappa shape index (κ3) is 6.26. The molecule has 2 aliphatic heterocycles. The summed E-state index contributed by atoms with van der Waals surface area (Å²) in [5.41, 5.74) is 8.91. The highest BCUT2D eigenvalue weighted by molar-refractivity contribution is 5.89. The maximum atomic E-state index is 12.4. The molecule has 2 fully saturated rings. The van der Waals surface area contributed by atoms with Gasteiger partial charge in [-0.15, -0.1) is 0 Å². The van der Waals surface area contributed by atoms with Gasteiger partial charge >= 0.3 is 6.03 Å². The van der Waals surface area contributed by atoms with Crippen molar-refractivity contribution in [3.05, 3.63) is 42.5 Å². The lowest BCUT2D eigenvalue weighted by Crippen LogP contribution is -2.40. The van der Waals surface area contributed by atoms with E-state index in [0.717, 1.165) is 6.41 Å². The predicted molar refractivity (Wildman–Crippen MR) is 152 cm³/mol. The summed E-state index contributed by atoms with van der Waals surface area (Å²) in [6.45, 7) is 11.2. The minimum atomic E-state index is -0.823. The molecule has 3 amide bonds. The topological polar surface area (TPSA) is 159 Å². The molecule has 2 aromatic heterocycles. The quantitative estimate of drug-likeness (QED) is 0.261. The van der Waals surface area contributed by atoms with E-state index in [1.165, 1.54) is 11.9 Å². The SMILES string of the molecule is CC1(C)O[C@@H]2[C@H](O1)[C@@H](CN(C=O)CCCNC(=O)Nc1ccc(C(C)(C)C)cc1)O[C@H]2n1cnc2c(N)ncnc21. The van der Waals surface area contributed by atoms with Gasteiger partial charge in [0.2, 0.25) is 6.41 Å². The molecule has 0 aliphatic carbocycles. The van der Waals surface area contributed by atoms with Crippen LogP contribution in [0, 0.1) is 0 Å². The molecule has 4 N–H and O–H groups in total. The van der Waals surface area contributed by atoms with Gasteiger partial charge in [-0.25, -0.2) is 19.7 Å². The lowest BCUT2D eigenvalue weighted by Gasteiger charge is -2.27. The highest BCUT2D eigenvalue weighted by Gasteiger charge is 2.56. The number of nitrogens with zero attached hydrogens (tertiary/aromatic N) is 5. The number of rotatable bonds is 9. The van der Waals surface area contributed by atoms with Crippen molar-refractivity contribution in [2.75, 3.05) is 30.7 Å². The van der Waals surface area contributed by atoms with Crippen LogP contribution < -0.4 is 16.4 Å². The first-order valence-electron chi connectivity index (χ1n) is 13.7. The van der Waals surface area contributed by atoms with Crippen LogP contribution in [0.15, 0.2) is 36.9 Å². The molecule has 220 valence electrons. The molecule has 0 radical (unpaired) electrons.